The van der Waals surface area contributed by atoms with Crippen molar-refractivity contribution in [2.45, 2.75) is 39.7 Å². The molecule has 0 bridgehead atoms. The van der Waals surface area contributed by atoms with Crippen LogP contribution in [0.3, 0.4) is 0 Å². The van der Waals surface area contributed by atoms with E-state index in [-0.39, 0.29) is 5.60 Å². The lowest BCUT2D eigenvalue weighted by Gasteiger charge is -2.20. The maximum atomic E-state index is 8.99. The number of oxime groups is 1. The normalized spacial score (nSPS) is 12.5. The molecule has 0 aromatic heterocycles. The number of rotatable bonds is 6. The fourth-order valence-corrected chi connectivity index (χ4v) is 1.65. The van der Waals surface area contributed by atoms with Crippen LogP contribution in [0.5, 0.6) is 5.75 Å². The Hall–Kier alpha value is -1.55. The first kappa shape index (κ1) is 15.5. The second kappa shape index (κ2) is 7.14. The molecule has 4 nitrogen and oxygen atoms in total. The highest BCUT2D eigenvalue weighted by Crippen LogP contribution is 2.20. The highest BCUT2D eigenvalue weighted by atomic mass is 16.5. The van der Waals surface area contributed by atoms with Gasteiger partial charge in [-0.25, -0.2) is 0 Å². The molecule has 0 unspecified atom stereocenters. The minimum atomic E-state index is -0.163. The van der Waals surface area contributed by atoms with E-state index in [1.54, 1.807) is 0 Å². The maximum Gasteiger partial charge on any atom is 0.128 e. The quantitative estimate of drug-likeness (QED) is 0.371. The van der Waals surface area contributed by atoms with Gasteiger partial charge in [-0.3, -0.25) is 0 Å². The zero-order valence-corrected chi connectivity index (χ0v) is 12.1. The van der Waals surface area contributed by atoms with E-state index in [2.05, 4.69) is 5.16 Å². The molecule has 1 aromatic rings. The Kier molecular flexibility index (Phi) is 5.83. The highest BCUT2D eigenvalue weighted by molar-refractivity contribution is 6.02. The third-order valence-electron chi connectivity index (χ3n) is 2.53. The molecule has 0 aliphatic carbocycles. The lowest BCUT2D eigenvalue weighted by Crippen LogP contribution is -2.22. The average molecular weight is 265 g/mol. The predicted molar refractivity (Wildman–Crippen MR) is 76.3 cm³/mol. The molecule has 19 heavy (non-hydrogen) atoms. The van der Waals surface area contributed by atoms with Crippen LogP contribution in [0.15, 0.2) is 29.4 Å². The number of hydrogen-bond donors (Lipinski definition) is 1. The van der Waals surface area contributed by atoms with Gasteiger partial charge in [-0.2, -0.15) is 0 Å². The van der Waals surface area contributed by atoms with E-state index >= 15 is 0 Å². The maximum absolute atomic E-state index is 8.99. The van der Waals surface area contributed by atoms with Crippen LogP contribution in [0.1, 0.15) is 39.7 Å². The molecule has 0 radical (unpaired) electrons. The monoisotopic (exact) mass is 265 g/mol. The van der Waals surface area contributed by atoms with Gasteiger partial charge in [0.05, 0.1) is 17.9 Å². The Labute approximate surface area is 115 Å². The van der Waals surface area contributed by atoms with Gasteiger partial charge >= 0.3 is 0 Å². The molecule has 0 amide bonds. The molecule has 0 aliphatic rings. The van der Waals surface area contributed by atoms with E-state index in [0.717, 1.165) is 11.3 Å². The van der Waals surface area contributed by atoms with Crippen LogP contribution >= 0.6 is 0 Å². The summed E-state index contributed by atoms with van der Waals surface area (Å²) in [6.07, 6.45) is 0.648. The molecular weight excluding hydrogens is 242 g/mol. The number of nitrogens with zero attached hydrogens (tertiary/aromatic N) is 1. The number of hydrogen-bond acceptors (Lipinski definition) is 4. The Balaban J connectivity index is 2.64. The molecule has 0 spiro atoms. The van der Waals surface area contributed by atoms with Crippen molar-refractivity contribution in [2.75, 3.05) is 13.2 Å². The van der Waals surface area contributed by atoms with Crippen molar-refractivity contribution in [2.24, 2.45) is 5.16 Å². The van der Waals surface area contributed by atoms with E-state index in [1.807, 2.05) is 52.0 Å². The van der Waals surface area contributed by atoms with Crippen LogP contribution in [0, 0.1) is 0 Å². The Morgan fingerprint density at radius 2 is 1.89 bits per heavy atom. The van der Waals surface area contributed by atoms with Crippen molar-refractivity contribution in [1.29, 1.82) is 0 Å². The topological polar surface area (TPSA) is 51.1 Å². The van der Waals surface area contributed by atoms with Crippen molar-refractivity contribution in [3.8, 4) is 5.75 Å². The molecule has 106 valence electrons. The minimum absolute atomic E-state index is 0.163. The van der Waals surface area contributed by atoms with Gasteiger partial charge in [-0.05, 0) is 39.3 Å². The van der Waals surface area contributed by atoms with E-state index in [9.17, 15) is 0 Å². The predicted octanol–water partition coefficient (Wildman–Crippen LogP) is 3.47. The fraction of sp³-hybridized carbons (Fsp3) is 0.533. The molecule has 0 saturated heterocycles. The zero-order valence-electron chi connectivity index (χ0n) is 12.1. The summed E-state index contributed by atoms with van der Waals surface area (Å²) in [5.74, 6) is 0.717. The van der Waals surface area contributed by atoms with Crippen molar-refractivity contribution in [3.63, 3.8) is 0 Å². The lowest BCUT2D eigenvalue weighted by atomic mass is 10.1. The number of benzene rings is 1. The van der Waals surface area contributed by atoms with Gasteiger partial charge < -0.3 is 14.7 Å². The molecular formula is C15H23NO3. The van der Waals surface area contributed by atoms with Gasteiger partial charge in [0.2, 0.25) is 0 Å². The summed E-state index contributed by atoms with van der Waals surface area (Å²) in [4.78, 5) is 0. The summed E-state index contributed by atoms with van der Waals surface area (Å²) in [6, 6.07) is 7.55. The molecule has 1 N–H and O–H groups in total. The van der Waals surface area contributed by atoms with Crippen molar-refractivity contribution >= 4 is 5.71 Å². The molecule has 1 rings (SSSR count). The van der Waals surface area contributed by atoms with Crippen molar-refractivity contribution < 1.29 is 14.7 Å². The number of para-hydroxylation sites is 1. The van der Waals surface area contributed by atoms with Crippen LogP contribution in [-0.2, 0) is 4.74 Å². The first-order chi connectivity index (χ1) is 8.98. The van der Waals surface area contributed by atoms with Gasteiger partial charge in [-0.15, -0.1) is 0 Å². The van der Waals surface area contributed by atoms with E-state index in [1.165, 1.54) is 0 Å². The molecule has 0 heterocycles. The van der Waals surface area contributed by atoms with Gasteiger partial charge in [0.15, 0.2) is 0 Å². The van der Waals surface area contributed by atoms with Crippen LogP contribution in [0.2, 0.25) is 0 Å². The van der Waals surface area contributed by atoms with E-state index in [0.29, 0.717) is 25.3 Å². The van der Waals surface area contributed by atoms with Gasteiger partial charge in [0.1, 0.15) is 12.4 Å². The third kappa shape index (κ3) is 5.30. The summed E-state index contributed by atoms with van der Waals surface area (Å²) >= 11 is 0. The van der Waals surface area contributed by atoms with Crippen LogP contribution in [0.4, 0.5) is 0 Å². The van der Waals surface area contributed by atoms with Crippen LogP contribution in [-0.4, -0.2) is 29.7 Å². The summed E-state index contributed by atoms with van der Waals surface area (Å²) in [7, 11) is 0. The van der Waals surface area contributed by atoms with Crippen molar-refractivity contribution in [3.05, 3.63) is 29.8 Å². The molecule has 0 saturated carbocycles. The highest BCUT2D eigenvalue weighted by Gasteiger charge is 2.11. The molecule has 4 heteroatoms. The van der Waals surface area contributed by atoms with Crippen LogP contribution in [0.25, 0.3) is 0 Å². The zero-order chi connectivity index (χ0) is 14.3. The first-order valence-electron chi connectivity index (χ1n) is 6.55. The summed E-state index contributed by atoms with van der Waals surface area (Å²) in [6.45, 7) is 8.96. The Bertz CT molecular complexity index is 422. The summed E-state index contributed by atoms with van der Waals surface area (Å²) in [5, 5.41) is 12.3. The molecule has 0 aliphatic heterocycles. The number of ether oxygens (including phenoxy) is 2. The van der Waals surface area contributed by atoms with E-state index < -0.39 is 0 Å². The lowest BCUT2D eigenvalue weighted by molar-refractivity contribution is -0.0163. The fourth-order valence-electron chi connectivity index (χ4n) is 1.65. The summed E-state index contributed by atoms with van der Waals surface area (Å²) < 4.78 is 11.3. The standard InChI is InChI=1S/C15H23NO3/c1-5-13(16-17)12-8-6-7-9-14(12)18-10-11-19-15(2,3)4/h6-9,17H,5,10-11H2,1-4H3/b16-13-. The Morgan fingerprint density at radius 3 is 2.47 bits per heavy atom. The van der Waals surface area contributed by atoms with Gasteiger partial charge in [-0.1, -0.05) is 24.2 Å². The van der Waals surface area contributed by atoms with Crippen molar-refractivity contribution in [1.82, 2.24) is 0 Å². The smallest absolute Gasteiger partial charge is 0.128 e. The second-order valence-corrected chi connectivity index (χ2v) is 5.21. The molecule has 0 atom stereocenters. The van der Waals surface area contributed by atoms with Gasteiger partial charge in [0, 0.05) is 5.56 Å². The minimum Gasteiger partial charge on any atom is -0.490 e. The van der Waals surface area contributed by atoms with Crippen LogP contribution < -0.4 is 4.74 Å². The SMILES string of the molecule is CC/C(=N/O)c1ccccc1OCCOC(C)(C)C. The third-order valence-corrected chi connectivity index (χ3v) is 2.53. The van der Waals surface area contributed by atoms with Gasteiger partial charge in [0.25, 0.3) is 0 Å². The van der Waals surface area contributed by atoms with E-state index in [4.69, 9.17) is 14.7 Å². The molecule has 1 aromatic carbocycles. The second-order valence-electron chi connectivity index (χ2n) is 5.21. The molecule has 0 fully saturated rings. The summed E-state index contributed by atoms with van der Waals surface area (Å²) in [5.41, 5.74) is 1.28. The largest absolute Gasteiger partial charge is 0.490 e. The first-order valence-corrected chi connectivity index (χ1v) is 6.55. The Morgan fingerprint density at radius 1 is 1.21 bits per heavy atom. The average Bonchev–Trinajstić information content (AvgIpc) is 2.36.